The van der Waals surface area contributed by atoms with Gasteiger partial charge in [-0.15, -0.1) is 0 Å². The van der Waals surface area contributed by atoms with E-state index >= 15 is 0 Å². The van der Waals surface area contributed by atoms with E-state index in [1.54, 1.807) is 36.4 Å². The molecule has 0 amide bonds. The van der Waals surface area contributed by atoms with Crippen LogP contribution >= 0.6 is 0 Å². The monoisotopic (exact) mass is 378 g/mol. The van der Waals surface area contributed by atoms with Crippen LogP contribution in [-0.2, 0) is 4.79 Å². The Bertz CT molecular complexity index is 988. The number of nitrogens with zero attached hydrogens (tertiary/aromatic N) is 2. The van der Waals surface area contributed by atoms with Crippen LogP contribution in [0.1, 0.15) is 30.9 Å². The van der Waals surface area contributed by atoms with Gasteiger partial charge in [-0.1, -0.05) is 6.92 Å². The van der Waals surface area contributed by atoms with Crippen molar-refractivity contribution < 1.29 is 14.6 Å². The molecule has 1 fully saturated rings. The van der Waals surface area contributed by atoms with Gasteiger partial charge >= 0.3 is 0 Å². The van der Waals surface area contributed by atoms with Crippen LogP contribution in [0.25, 0.3) is 12.2 Å². The van der Waals surface area contributed by atoms with Gasteiger partial charge < -0.3 is 0 Å². The topological polar surface area (TPSA) is 103 Å². The third kappa shape index (κ3) is 4.20. The molecule has 0 radical (unpaired) electrons. The maximum absolute atomic E-state index is 12.9. The first-order valence-electron chi connectivity index (χ1n) is 8.81. The van der Waals surface area contributed by atoms with E-state index in [1.165, 1.54) is 24.3 Å². The minimum atomic E-state index is -0.463. The highest BCUT2D eigenvalue weighted by molar-refractivity contribution is 6.14. The molecule has 7 heteroatoms. The van der Waals surface area contributed by atoms with Gasteiger partial charge in [0.25, 0.3) is 11.4 Å². The Morgan fingerprint density at radius 2 is 1.32 bits per heavy atom. The summed E-state index contributed by atoms with van der Waals surface area (Å²) in [6, 6.07) is 12.1. The van der Waals surface area contributed by atoms with Gasteiger partial charge in [-0.2, -0.15) is 0 Å². The van der Waals surface area contributed by atoms with E-state index in [1.807, 2.05) is 6.92 Å². The average molecular weight is 378 g/mol. The van der Waals surface area contributed by atoms with Crippen molar-refractivity contribution >= 4 is 29.3 Å². The van der Waals surface area contributed by atoms with Crippen LogP contribution in [0.15, 0.2) is 59.7 Å². The fraction of sp³-hybridized carbons (Fsp3) is 0.190. The molecule has 2 aromatic carbocycles. The van der Waals surface area contributed by atoms with Crippen molar-refractivity contribution in [2.24, 2.45) is 5.92 Å². The van der Waals surface area contributed by atoms with Gasteiger partial charge in [0.05, 0.1) is 9.85 Å². The van der Waals surface area contributed by atoms with Crippen LogP contribution in [0.4, 0.5) is 11.4 Å². The van der Waals surface area contributed by atoms with Gasteiger partial charge in [-0.25, -0.2) is 0 Å². The maximum atomic E-state index is 12.9. The Morgan fingerprint density at radius 3 is 1.79 bits per heavy atom. The normalized spacial score (nSPS) is 19.8. The highest BCUT2D eigenvalue weighted by Gasteiger charge is 2.26. The molecule has 0 spiro atoms. The van der Waals surface area contributed by atoms with E-state index in [0.29, 0.717) is 17.6 Å². The highest BCUT2D eigenvalue weighted by atomic mass is 16.6. The zero-order chi connectivity index (χ0) is 20.3. The van der Waals surface area contributed by atoms with E-state index in [-0.39, 0.29) is 23.1 Å². The molecule has 0 aliphatic heterocycles. The Labute approximate surface area is 161 Å². The molecule has 3 rings (SSSR count). The van der Waals surface area contributed by atoms with Crippen LogP contribution in [0.2, 0.25) is 0 Å². The number of Topliss-reactive ketones (excluding diaryl/α,β-unsaturated/α-hetero) is 1. The van der Waals surface area contributed by atoms with E-state index in [2.05, 4.69) is 0 Å². The molecule has 1 aliphatic rings. The maximum Gasteiger partial charge on any atom is 0.269 e. The third-order valence-corrected chi connectivity index (χ3v) is 4.80. The average Bonchev–Trinajstić information content (AvgIpc) is 2.68. The summed E-state index contributed by atoms with van der Waals surface area (Å²) in [5.74, 6) is 0.0205. The van der Waals surface area contributed by atoms with Crippen LogP contribution in [0.5, 0.6) is 0 Å². The Balaban J connectivity index is 1.87. The number of hydrogen-bond acceptors (Lipinski definition) is 5. The molecule has 28 heavy (non-hydrogen) atoms. The molecular formula is C21H18N2O5. The Kier molecular flexibility index (Phi) is 5.44. The molecule has 1 aliphatic carbocycles. The van der Waals surface area contributed by atoms with Gasteiger partial charge in [0, 0.05) is 35.4 Å². The predicted molar refractivity (Wildman–Crippen MR) is 106 cm³/mol. The van der Waals surface area contributed by atoms with Crippen molar-refractivity contribution in [3.8, 4) is 0 Å². The van der Waals surface area contributed by atoms with Crippen molar-refractivity contribution in [3.63, 3.8) is 0 Å². The smallest absolute Gasteiger partial charge is 0.269 e. The highest BCUT2D eigenvalue weighted by Crippen LogP contribution is 2.33. The summed E-state index contributed by atoms with van der Waals surface area (Å²) in [5, 5.41) is 21.5. The lowest BCUT2D eigenvalue weighted by Gasteiger charge is -2.23. The lowest BCUT2D eigenvalue weighted by molar-refractivity contribution is -0.385. The van der Waals surface area contributed by atoms with Crippen molar-refractivity contribution in [1.82, 2.24) is 0 Å². The van der Waals surface area contributed by atoms with Crippen molar-refractivity contribution in [1.29, 1.82) is 0 Å². The van der Waals surface area contributed by atoms with Crippen LogP contribution < -0.4 is 0 Å². The quantitative estimate of drug-likeness (QED) is 0.424. The fourth-order valence-electron chi connectivity index (χ4n) is 3.16. The Hall–Kier alpha value is -3.61. The summed E-state index contributed by atoms with van der Waals surface area (Å²) in [6.07, 6.45) is 4.99. The summed E-state index contributed by atoms with van der Waals surface area (Å²) in [5.41, 5.74) is 2.79. The number of allylic oxidation sites excluding steroid dienone is 2. The second-order valence-electron chi connectivity index (χ2n) is 6.74. The molecule has 0 aromatic heterocycles. The fourth-order valence-corrected chi connectivity index (χ4v) is 3.16. The minimum Gasteiger partial charge on any atom is -0.289 e. The summed E-state index contributed by atoms with van der Waals surface area (Å²) >= 11 is 0. The van der Waals surface area contributed by atoms with E-state index < -0.39 is 9.85 Å². The molecule has 1 saturated carbocycles. The largest absolute Gasteiger partial charge is 0.289 e. The van der Waals surface area contributed by atoms with E-state index in [4.69, 9.17) is 0 Å². The molecule has 2 aromatic rings. The van der Waals surface area contributed by atoms with Gasteiger partial charge in [-0.3, -0.25) is 25.0 Å². The molecule has 0 N–H and O–H groups in total. The first kappa shape index (κ1) is 19.2. The number of benzene rings is 2. The van der Waals surface area contributed by atoms with Crippen molar-refractivity contribution in [2.45, 2.75) is 19.8 Å². The van der Waals surface area contributed by atoms with E-state index in [0.717, 1.165) is 17.5 Å². The number of non-ortho nitro benzene ring substituents is 2. The third-order valence-electron chi connectivity index (χ3n) is 4.80. The number of rotatable bonds is 4. The second-order valence-corrected chi connectivity index (χ2v) is 6.74. The number of carbonyl (C=O) groups is 1. The lowest BCUT2D eigenvalue weighted by atomic mass is 9.80. The van der Waals surface area contributed by atoms with Crippen LogP contribution in [-0.4, -0.2) is 15.6 Å². The van der Waals surface area contributed by atoms with Gasteiger partial charge in [-0.05, 0) is 66.3 Å². The Morgan fingerprint density at radius 1 is 0.857 bits per heavy atom. The van der Waals surface area contributed by atoms with Crippen LogP contribution in [0, 0.1) is 26.1 Å². The first-order valence-corrected chi connectivity index (χ1v) is 8.81. The summed E-state index contributed by atoms with van der Waals surface area (Å²) < 4.78 is 0. The second kappa shape index (κ2) is 7.96. The summed E-state index contributed by atoms with van der Waals surface area (Å²) in [6.45, 7) is 1.98. The van der Waals surface area contributed by atoms with Crippen molar-refractivity contribution in [3.05, 3.63) is 91.0 Å². The molecule has 1 unspecified atom stereocenters. The van der Waals surface area contributed by atoms with Crippen molar-refractivity contribution in [2.75, 3.05) is 0 Å². The number of carbonyl (C=O) groups excluding carboxylic acids is 1. The van der Waals surface area contributed by atoms with Gasteiger partial charge in [0.1, 0.15) is 0 Å². The van der Waals surface area contributed by atoms with Gasteiger partial charge in [0.2, 0.25) is 0 Å². The molecule has 0 bridgehead atoms. The minimum absolute atomic E-state index is 0.00363. The summed E-state index contributed by atoms with van der Waals surface area (Å²) in [4.78, 5) is 33.5. The first-order chi connectivity index (χ1) is 13.3. The number of nitro groups is 2. The number of hydrogen-bond donors (Lipinski definition) is 0. The summed E-state index contributed by atoms with van der Waals surface area (Å²) in [7, 11) is 0. The molecule has 0 heterocycles. The molecule has 7 nitrogen and oxygen atoms in total. The standard InChI is InChI=1S/C21H18N2O5/c1-14-2-7-17(12-15-3-8-18(9-4-15)22(25)26)21(24)20(14)13-16-5-10-19(11-6-16)23(27)28/h3-6,8-14H,2,7H2,1H3/b17-12-,20-13+. The molecular weight excluding hydrogens is 360 g/mol. The van der Waals surface area contributed by atoms with E-state index in [9.17, 15) is 25.0 Å². The molecule has 1 atom stereocenters. The lowest BCUT2D eigenvalue weighted by Crippen LogP contribution is -2.19. The molecule has 0 saturated heterocycles. The molecule has 142 valence electrons. The zero-order valence-corrected chi connectivity index (χ0v) is 15.2. The van der Waals surface area contributed by atoms with Gasteiger partial charge in [0.15, 0.2) is 5.78 Å². The SMILES string of the molecule is CC1CC/C(=C/c2ccc([N+](=O)[O-])cc2)C(=O)/C1=C/c1ccc([N+](=O)[O-])cc1. The number of nitro benzene ring substituents is 2. The number of ketones is 1. The predicted octanol–water partition coefficient (Wildman–Crippen LogP) is 4.97. The van der Waals surface area contributed by atoms with Crippen LogP contribution in [0.3, 0.4) is 0 Å². The zero-order valence-electron chi connectivity index (χ0n) is 15.2.